The molecular weight excluding hydrogens is 446 g/mol. The third-order valence-corrected chi connectivity index (χ3v) is 7.19. The number of halogens is 5. The van der Waals surface area contributed by atoms with Crippen LogP contribution in [0.25, 0.3) is 0 Å². The Morgan fingerprint density at radius 2 is 1.24 bits per heavy atom. The maximum absolute atomic E-state index is 13.9. The van der Waals surface area contributed by atoms with Crippen molar-refractivity contribution in [1.29, 1.82) is 0 Å². The van der Waals surface area contributed by atoms with E-state index in [-0.39, 0.29) is 22.9 Å². The van der Waals surface area contributed by atoms with Crippen molar-refractivity contribution in [3.63, 3.8) is 0 Å². The average Bonchev–Trinajstić information content (AvgIpc) is 2.82. The van der Waals surface area contributed by atoms with Gasteiger partial charge in [0.05, 0.1) is 26.2 Å². The first kappa shape index (κ1) is 22.3. The summed E-state index contributed by atoms with van der Waals surface area (Å²) in [4.78, 5) is 0. The largest absolute Gasteiger partial charge is 1.00 e. The van der Waals surface area contributed by atoms with Gasteiger partial charge in [0.25, 0.3) is 0 Å². The summed E-state index contributed by atoms with van der Waals surface area (Å²) >= 11 is 0. The molecule has 0 saturated carbocycles. The molecule has 0 radical (unpaired) electrons. The highest BCUT2D eigenvalue weighted by molar-refractivity contribution is 5.34. The summed E-state index contributed by atoms with van der Waals surface area (Å²) in [6.45, 7) is 0. The first-order valence-corrected chi connectivity index (χ1v) is 9.99. The summed E-state index contributed by atoms with van der Waals surface area (Å²) in [5, 5.41) is 0. The van der Waals surface area contributed by atoms with E-state index in [2.05, 4.69) is 14.1 Å². The van der Waals surface area contributed by atoms with Gasteiger partial charge in [-0.15, -0.1) is 0 Å². The zero-order valence-corrected chi connectivity index (χ0v) is 18.2. The van der Waals surface area contributed by atoms with Gasteiger partial charge in [-0.2, -0.15) is 0 Å². The molecule has 2 aromatic rings. The molecule has 0 aromatic heterocycles. The molecule has 2 atom stereocenters. The van der Waals surface area contributed by atoms with Crippen molar-refractivity contribution in [2.75, 3.05) is 14.1 Å². The van der Waals surface area contributed by atoms with Gasteiger partial charge in [0.1, 0.15) is 0 Å². The Labute approximate surface area is 180 Å². The van der Waals surface area contributed by atoms with Crippen molar-refractivity contribution in [2.45, 2.75) is 50.1 Å². The van der Waals surface area contributed by atoms with E-state index >= 15 is 0 Å². The Morgan fingerprint density at radius 3 is 1.66 bits per heavy atom. The van der Waals surface area contributed by atoms with Crippen LogP contribution in [-0.4, -0.2) is 30.7 Å². The van der Waals surface area contributed by atoms with E-state index < -0.39 is 23.3 Å². The van der Waals surface area contributed by atoms with Crippen LogP contribution in [0.3, 0.4) is 0 Å². The lowest BCUT2D eigenvalue weighted by Crippen LogP contribution is -3.00. The summed E-state index contributed by atoms with van der Waals surface area (Å²) in [7, 11) is 4.58. The lowest BCUT2D eigenvalue weighted by molar-refractivity contribution is -0.931. The summed E-state index contributed by atoms with van der Waals surface area (Å²) in [6.07, 6.45) is 5.31. The van der Waals surface area contributed by atoms with Crippen LogP contribution >= 0.6 is 0 Å². The number of piperidine rings is 1. The van der Waals surface area contributed by atoms with Crippen LogP contribution in [0, 0.1) is 29.2 Å². The van der Waals surface area contributed by atoms with Crippen molar-refractivity contribution in [3.05, 3.63) is 70.8 Å². The summed E-state index contributed by atoms with van der Waals surface area (Å²) in [5.41, 5.74) is 1.22. The maximum Gasteiger partial charge on any atom is 0.159 e. The highest BCUT2D eigenvalue weighted by Crippen LogP contribution is 2.46. The SMILES string of the molecule is C[N+]1(C)[C@H]2CC[C@H]1CC(CC(c1ccc(F)c(F)c1)c1ccc(F)c(F)c1)C2.[Br-]. The molecule has 2 aliphatic rings. The minimum atomic E-state index is -0.911. The Hall–Kier alpha value is -1.40. The topological polar surface area (TPSA) is 0 Å². The van der Waals surface area contributed by atoms with Crippen molar-refractivity contribution < 1.29 is 39.0 Å². The van der Waals surface area contributed by atoms with Crippen molar-refractivity contribution >= 4 is 0 Å². The Balaban J connectivity index is 0.00000240. The molecule has 2 aliphatic heterocycles. The molecule has 4 rings (SSSR count). The van der Waals surface area contributed by atoms with Crippen molar-refractivity contribution in [2.24, 2.45) is 5.92 Å². The van der Waals surface area contributed by atoms with Crippen LogP contribution in [0.4, 0.5) is 17.6 Å². The molecule has 2 saturated heterocycles. The smallest absolute Gasteiger partial charge is 0.159 e. The van der Waals surface area contributed by atoms with E-state index in [9.17, 15) is 17.6 Å². The number of fused-ring (bicyclic) bond motifs is 2. The monoisotopic (exact) mass is 471 g/mol. The van der Waals surface area contributed by atoms with Gasteiger partial charge in [0, 0.05) is 31.6 Å². The maximum atomic E-state index is 13.9. The first-order valence-electron chi connectivity index (χ1n) is 9.99. The normalized spacial score (nSPS) is 25.1. The molecule has 2 heterocycles. The third-order valence-electron chi connectivity index (χ3n) is 7.19. The van der Waals surface area contributed by atoms with Crippen LogP contribution in [0.15, 0.2) is 36.4 Å². The number of hydrogen-bond acceptors (Lipinski definition) is 0. The minimum Gasteiger partial charge on any atom is -1.00 e. The molecule has 0 spiro atoms. The van der Waals surface area contributed by atoms with Gasteiger partial charge in [-0.3, -0.25) is 0 Å². The van der Waals surface area contributed by atoms with E-state index in [0.29, 0.717) is 29.1 Å². The Kier molecular flexibility index (Phi) is 6.44. The molecule has 2 aromatic carbocycles. The molecule has 2 fully saturated rings. The van der Waals surface area contributed by atoms with Crippen LogP contribution in [0.1, 0.15) is 49.1 Å². The van der Waals surface area contributed by atoms with Gasteiger partial charge in [-0.05, 0) is 47.7 Å². The van der Waals surface area contributed by atoms with Crippen molar-refractivity contribution in [1.82, 2.24) is 0 Å². The summed E-state index contributed by atoms with van der Waals surface area (Å²) in [5.74, 6) is -3.48. The van der Waals surface area contributed by atoms with Crippen LogP contribution < -0.4 is 17.0 Å². The standard InChI is InChI=1S/C23H26F4N.BrH/c1-28(2)17-5-6-18(28)10-14(9-17)11-19(15-3-7-20(24)22(26)12-15)16-4-8-21(25)23(27)13-16;/h3-4,7-8,12-14,17-19H,5-6,9-11H2,1-2H3;1H/q+1;/p-1/t17-,18-;/m0./s1. The fourth-order valence-electron chi connectivity index (χ4n) is 5.44. The number of rotatable bonds is 4. The molecular formula is C23H26BrF4N. The predicted molar refractivity (Wildman–Crippen MR) is 101 cm³/mol. The van der Waals surface area contributed by atoms with E-state index in [1.807, 2.05) is 0 Å². The number of quaternary nitrogens is 1. The average molecular weight is 472 g/mol. The number of hydrogen-bond donors (Lipinski definition) is 0. The van der Waals surface area contributed by atoms with Crippen LogP contribution in [0.2, 0.25) is 0 Å². The van der Waals surface area contributed by atoms with E-state index in [4.69, 9.17) is 0 Å². The lowest BCUT2D eigenvalue weighted by Gasteiger charge is -2.45. The molecule has 158 valence electrons. The fourth-order valence-corrected chi connectivity index (χ4v) is 5.44. The zero-order chi connectivity index (χ0) is 20.1. The predicted octanol–water partition coefficient (Wildman–Crippen LogP) is 2.79. The van der Waals surface area contributed by atoms with Gasteiger partial charge in [-0.25, -0.2) is 17.6 Å². The van der Waals surface area contributed by atoms with Gasteiger partial charge in [0.2, 0.25) is 0 Å². The minimum absolute atomic E-state index is 0. The molecule has 2 bridgehead atoms. The lowest BCUT2D eigenvalue weighted by atomic mass is 9.78. The number of nitrogens with zero attached hydrogens (tertiary/aromatic N) is 1. The molecule has 0 aliphatic carbocycles. The summed E-state index contributed by atoms with van der Waals surface area (Å²) in [6, 6.07) is 8.95. The zero-order valence-electron chi connectivity index (χ0n) is 16.6. The molecule has 29 heavy (non-hydrogen) atoms. The molecule has 6 heteroatoms. The fraction of sp³-hybridized carbons (Fsp3) is 0.478. The number of benzene rings is 2. The second kappa shape index (κ2) is 8.38. The van der Waals surface area contributed by atoms with E-state index in [0.717, 1.165) is 35.9 Å². The van der Waals surface area contributed by atoms with Crippen molar-refractivity contribution in [3.8, 4) is 0 Å². The molecule has 1 nitrogen and oxygen atoms in total. The summed E-state index contributed by atoms with van der Waals surface area (Å²) < 4.78 is 55.8. The van der Waals surface area contributed by atoms with Crippen LogP contribution in [0.5, 0.6) is 0 Å². The first-order chi connectivity index (χ1) is 13.3. The third kappa shape index (κ3) is 4.24. The second-order valence-corrected chi connectivity index (χ2v) is 8.99. The highest BCUT2D eigenvalue weighted by atomic mass is 79.9. The molecule has 0 unspecified atom stereocenters. The van der Waals surface area contributed by atoms with Gasteiger partial charge < -0.3 is 21.5 Å². The molecule has 0 N–H and O–H groups in total. The highest BCUT2D eigenvalue weighted by Gasteiger charge is 2.49. The molecule has 0 amide bonds. The van der Waals surface area contributed by atoms with E-state index in [1.165, 1.54) is 25.0 Å². The van der Waals surface area contributed by atoms with Gasteiger partial charge in [0.15, 0.2) is 23.3 Å². The van der Waals surface area contributed by atoms with E-state index in [1.54, 1.807) is 12.1 Å². The van der Waals surface area contributed by atoms with Gasteiger partial charge >= 0.3 is 0 Å². The van der Waals surface area contributed by atoms with Crippen LogP contribution in [-0.2, 0) is 0 Å². The van der Waals surface area contributed by atoms with Gasteiger partial charge in [-0.1, -0.05) is 12.1 Å². The Bertz CT molecular complexity index is 818. The quantitative estimate of drug-likeness (QED) is 0.475. The second-order valence-electron chi connectivity index (χ2n) is 8.99. The Morgan fingerprint density at radius 1 is 0.793 bits per heavy atom.